The van der Waals surface area contributed by atoms with Gasteiger partial charge in [-0.15, -0.1) is 0 Å². The Labute approximate surface area is 139 Å². The Morgan fingerprint density at radius 2 is 1.71 bits per heavy atom. The van der Waals surface area contributed by atoms with E-state index in [0.29, 0.717) is 11.4 Å². The van der Waals surface area contributed by atoms with Gasteiger partial charge in [-0.05, 0) is 30.3 Å². The molecule has 3 rings (SSSR count). The third kappa shape index (κ3) is 3.24. The van der Waals surface area contributed by atoms with Crippen molar-refractivity contribution in [2.75, 3.05) is 10.6 Å². The van der Waals surface area contributed by atoms with Crippen LogP contribution >= 0.6 is 0 Å². The largest absolute Gasteiger partial charge is 0.348 e. The zero-order valence-corrected chi connectivity index (χ0v) is 13.7. The Morgan fingerprint density at radius 3 is 2.38 bits per heavy atom. The summed E-state index contributed by atoms with van der Waals surface area (Å²) in [6, 6.07) is 12.9. The fourth-order valence-electron chi connectivity index (χ4n) is 2.45. The summed E-state index contributed by atoms with van der Waals surface area (Å²) in [5, 5.41) is 11.4. The van der Waals surface area contributed by atoms with Gasteiger partial charge in [-0.2, -0.15) is 0 Å². The van der Waals surface area contributed by atoms with Crippen LogP contribution in [0.2, 0.25) is 0 Å². The fraction of sp³-hybridized carbons (Fsp3) is 0.0625. The molecule has 124 valence electrons. The van der Waals surface area contributed by atoms with Crippen LogP contribution in [-0.4, -0.2) is 19.0 Å². The number of hydrogen-bond donors (Lipinski definition) is 3. The Bertz CT molecular complexity index is 1010. The number of nitrogens with zero attached hydrogens (tertiary/aromatic N) is 1. The number of para-hydroxylation sites is 1. The van der Waals surface area contributed by atoms with Crippen LogP contribution in [0.15, 0.2) is 59.6 Å². The molecular weight excluding hydrogens is 328 g/mol. The van der Waals surface area contributed by atoms with Crippen LogP contribution in [0.1, 0.15) is 0 Å². The van der Waals surface area contributed by atoms with Gasteiger partial charge in [0.2, 0.25) is 10.0 Å². The summed E-state index contributed by atoms with van der Waals surface area (Å²) in [7, 11) is -1.85. The van der Waals surface area contributed by atoms with Gasteiger partial charge >= 0.3 is 6.03 Å². The minimum absolute atomic E-state index is 0.0116. The van der Waals surface area contributed by atoms with Crippen LogP contribution in [0.5, 0.6) is 0 Å². The third-order valence-corrected chi connectivity index (χ3v) is 4.52. The molecular formula is C16H16N4O3S. The number of rotatable bonds is 3. The number of urea groups is 1. The number of nitrogens with one attached hydrogen (secondary N) is 2. The van der Waals surface area contributed by atoms with Crippen molar-refractivity contribution in [1.29, 1.82) is 0 Å². The maximum absolute atomic E-state index is 12.1. The quantitative estimate of drug-likeness (QED) is 0.679. The number of fused-ring (bicyclic) bond motifs is 1. The van der Waals surface area contributed by atoms with Crippen molar-refractivity contribution in [3.05, 3.63) is 54.7 Å². The fourth-order valence-corrected chi connectivity index (χ4v) is 2.97. The summed E-state index contributed by atoms with van der Waals surface area (Å²) in [6.45, 7) is 0. The minimum Gasteiger partial charge on any atom is -0.348 e. The number of sulfonamides is 1. The monoisotopic (exact) mass is 344 g/mol. The number of carbonyl (C=O) groups excluding carboxylic acids is 1. The highest BCUT2D eigenvalue weighted by molar-refractivity contribution is 7.89. The molecule has 0 atom stereocenters. The summed E-state index contributed by atoms with van der Waals surface area (Å²) >= 11 is 0. The average Bonchev–Trinajstić information content (AvgIpc) is 2.83. The second-order valence-corrected chi connectivity index (χ2v) is 6.88. The number of aryl methyl sites for hydroxylation is 1. The highest BCUT2D eigenvalue weighted by Crippen LogP contribution is 2.25. The number of aromatic nitrogens is 1. The van der Waals surface area contributed by atoms with Crippen LogP contribution in [0.3, 0.4) is 0 Å². The van der Waals surface area contributed by atoms with E-state index in [0.717, 1.165) is 10.9 Å². The van der Waals surface area contributed by atoms with Crippen molar-refractivity contribution in [2.24, 2.45) is 12.2 Å². The van der Waals surface area contributed by atoms with Gasteiger partial charge in [0, 0.05) is 29.8 Å². The third-order valence-electron chi connectivity index (χ3n) is 3.59. The first kappa shape index (κ1) is 16.0. The first-order valence-corrected chi connectivity index (χ1v) is 8.64. The molecule has 0 saturated heterocycles. The van der Waals surface area contributed by atoms with Gasteiger partial charge in [-0.3, -0.25) is 0 Å². The smallest absolute Gasteiger partial charge is 0.323 e. The summed E-state index contributed by atoms with van der Waals surface area (Å²) in [6.07, 6.45) is 1.83. The second-order valence-electron chi connectivity index (χ2n) is 5.32. The molecule has 1 heterocycles. The SMILES string of the molecule is Cn1cc(NC(=O)Nc2ccc(S(N)(=O)=O)cc2)c2ccccc21. The van der Waals surface area contributed by atoms with Crippen molar-refractivity contribution in [1.82, 2.24) is 4.57 Å². The number of primary sulfonamides is 1. The van der Waals surface area contributed by atoms with Gasteiger partial charge in [0.05, 0.1) is 10.6 Å². The highest BCUT2D eigenvalue weighted by Gasteiger charge is 2.10. The zero-order valence-electron chi connectivity index (χ0n) is 12.9. The Kier molecular flexibility index (Phi) is 4.00. The Hall–Kier alpha value is -2.84. The molecule has 3 aromatic rings. The molecule has 0 aliphatic heterocycles. The second kappa shape index (κ2) is 5.99. The average molecular weight is 344 g/mol. The van der Waals surface area contributed by atoms with Crippen molar-refractivity contribution in [3.63, 3.8) is 0 Å². The molecule has 0 spiro atoms. The minimum atomic E-state index is -3.75. The van der Waals surface area contributed by atoms with E-state index in [1.54, 1.807) is 0 Å². The lowest BCUT2D eigenvalue weighted by Crippen LogP contribution is -2.19. The van der Waals surface area contributed by atoms with Crippen LogP contribution in [0.25, 0.3) is 10.9 Å². The van der Waals surface area contributed by atoms with E-state index in [2.05, 4.69) is 10.6 Å². The number of hydrogen-bond acceptors (Lipinski definition) is 3. The number of carbonyl (C=O) groups is 1. The number of benzene rings is 2. The van der Waals surface area contributed by atoms with Crippen molar-refractivity contribution in [3.8, 4) is 0 Å². The molecule has 2 amide bonds. The first-order chi connectivity index (χ1) is 11.3. The van der Waals surface area contributed by atoms with Crippen LogP contribution in [0, 0.1) is 0 Å². The standard InChI is InChI=1S/C16H16N4O3S/c1-20-10-14(13-4-2-3-5-15(13)20)19-16(21)18-11-6-8-12(9-7-11)24(17,22)23/h2-10H,1H3,(H2,17,22,23)(H2,18,19,21). The predicted molar refractivity (Wildman–Crippen MR) is 93.4 cm³/mol. The van der Waals surface area contributed by atoms with Gasteiger partial charge in [0.15, 0.2) is 0 Å². The van der Waals surface area contributed by atoms with E-state index in [1.807, 2.05) is 42.1 Å². The van der Waals surface area contributed by atoms with Gasteiger partial charge in [-0.1, -0.05) is 18.2 Å². The lowest BCUT2D eigenvalue weighted by molar-refractivity contribution is 0.262. The van der Waals surface area contributed by atoms with Crippen LogP contribution in [-0.2, 0) is 17.1 Å². The van der Waals surface area contributed by atoms with E-state index in [-0.39, 0.29) is 4.90 Å². The number of nitrogens with two attached hydrogens (primary N) is 1. The molecule has 0 aliphatic rings. The summed E-state index contributed by atoms with van der Waals surface area (Å²) < 4.78 is 24.3. The van der Waals surface area contributed by atoms with Crippen LogP contribution in [0.4, 0.5) is 16.2 Å². The van der Waals surface area contributed by atoms with Gasteiger partial charge in [0.25, 0.3) is 0 Å². The van der Waals surface area contributed by atoms with Crippen molar-refractivity contribution >= 4 is 38.3 Å². The predicted octanol–water partition coefficient (Wildman–Crippen LogP) is 2.47. The summed E-state index contributed by atoms with van der Waals surface area (Å²) in [5.74, 6) is 0. The number of anilines is 2. The number of amides is 2. The zero-order chi connectivity index (χ0) is 17.3. The molecule has 0 bridgehead atoms. The van der Waals surface area contributed by atoms with Crippen LogP contribution < -0.4 is 15.8 Å². The van der Waals surface area contributed by atoms with Gasteiger partial charge in [0.1, 0.15) is 0 Å². The van der Waals surface area contributed by atoms with Gasteiger partial charge in [-0.25, -0.2) is 18.4 Å². The Balaban J connectivity index is 1.76. The highest BCUT2D eigenvalue weighted by atomic mass is 32.2. The molecule has 2 aromatic carbocycles. The summed E-state index contributed by atoms with van der Waals surface area (Å²) in [4.78, 5) is 12.1. The van der Waals surface area contributed by atoms with Gasteiger partial charge < -0.3 is 15.2 Å². The van der Waals surface area contributed by atoms with E-state index in [1.165, 1.54) is 24.3 Å². The molecule has 7 nitrogen and oxygen atoms in total. The first-order valence-electron chi connectivity index (χ1n) is 7.09. The molecule has 0 unspecified atom stereocenters. The Morgan fingerprint density at radius 1 is 1.04 bits per heavy atom. The summed E-state index contributed by atoms with van der Waals surface area (Å²) in [5.41, 5.74) is 2.15. The maximum Gasteiger partial charge on any atom is 0.323 e. The van der Waals surface area contributed by atoms with E-state index in [9.17, 15) is 13.2 Å². The topological polar surface area (TPSA) is 106 Å². The molecule has 4 N–H and O–H groups in total. The molecule has 8 heteroatoms. The molecule has 0 fully saturated rings. The van der Waals surface area contributed by atoms with Crippen molar-refractivity contribution in [2.45, 2.75) is 4.90 Å². The van der Waals surface area contributed by atoms with E-state index >= 15 is 0 Å². The van der Waals surface area contributed by atoms with Crippen molar-refractivity contribution < 1.29 is 13.2 Å². The van der Waals surface area contributed by atoms with E-state index < -0.39 is 16.1 Å². The molecule has 1 aromatic heterocycles. The lowest BCUT2D eigenvalue weighted by atomic mass is 10.2. The molecule has 0 radical (unpaired) electrons. The molecule has 0 saturated carbocycles. The lowest BCUT2D eigenvalue weighted by Gasteiger charge is -2.07. The molecule has 0 aliphatic carbocycles. The molecule has 24 heavy (non-hydrogen) atoms. The maximum atomic E-state index is 12.1. The normalized spacial score (nSPS) is 11.4. The van der Waals surface area contributed by atoms with E-state index in [4.69, 9.17) is 5.14 Å².